The van der Waals surface area contributed by atoms with Crippen LogP contribution in [0.15, 0.2) is 6.07 Å². The van der Waals surface area contributed by atoms with Gasteiger partial charge in [-0.3, -0.25) is 15.0 Å². The number of piperazine rings is 1. The number of amides is 3. The van der Waals surface area contributed by atoms with Crippen LogP contribution in [0.25, 0.3) is 0 Å². The largest absolute Gasteiger partial charge is 0.465 e. The molecule has 0 saturated carbocycles. The van der Waals surface area contributed by atoms with Gasteiger partial charge in [-0.1, -0.05) is 13.8 Å². The second-order valence-corrected chi connectivity index (χ2v) is 5.72. The average Bonchev–Trinajstić information content (AvgIpc) is 2.59. The molecule has 2 heterocycles. The molecule has 3 amide bonds. The van der Waals surface area contributed by atoms with Gasteiger partial charge in [-0.15, -0.1) is 10.2 Å². The van der Waals surface area contributed by atoms with E-state index in [1.54, 1.807) is 0 Å². The summed E-state index contributed by atoms with van der Waals surface area (Å²) in [6.45, 7) is 4.80. The Hall–Kier alpha value is -2.75. The highest BCUT2D eigenvalue weighted by molar-refractivity contribution is 5.96. The van der Waals surface area contributed by atoms with E-state index >= 15 is 0 Å². The number of carbonyl (C=O) groups is 3. The van der Waals surface area contributed by atoms with E-state index in [0.29, 0.717) is 5.56 Å². The molecule has 1 aliphatic heterocycles. The smallest absolute Gasteiger partial charge is 0.407 e. The van der Waals surface area contributed by atoms with Gasteiger partial charge in [0, 0.05) is 26.2 Å². The molecule has 1 aromatic rings. The third-order valence-electron chi connectivity index (χ3n) is 3.85. The van der Waals surface area contributed by atoms with Crippen LogP contribution in [0.5, 0.6) is 0 Å². The topological polar surface area (TPSA) is 142 Å². The predicted molar refractivity (Wildman–Crippen MR) is 83.3 cm³/mol. The van der Waals surface area contributed by atoms with E-state index in [1.807, 2.05) is 19.3 Å². The van der Waals surface area contributed by atoms with E-state index in [1.165, 1.54) is 15.9 Å². The van der Waals surface area contributed by atoms with E-state index in [4.69, 9.17) is 10.9 Å². The Morgan fingerprint density at radius 3 is 2.25 bits per heavy atom. The van der Waals surface area contributed by atoms with E-state index in [2.05, 4.69) is 10.2 Å². The van der Waals surface area contributed by atoms with Gasteiger partial charge in [0.1, 0.15) is 0 Å². The quantitative estimate of drug-likeness (QED) is 0.388. The van der Waals surface area contributed by atoms with E-state index in [0.717, 1.165) is 0 Å². The number of hydrazine groups is 1. The highest BCUT2D eigenvalue weighted by atomic mass is 16.4. The van der Waals surface area contributed by atoms with E-state index in [-0.39, 0.29) is 49.4 Å². The van der Waals surface area contributed by atoms with Gasteiger partial charge in [0.05, 0.1) is 0 Å². The first-order valence-electron chi connectivity index (χ1n) is 7.50. The summed E-state index contributed by atoms with van der Waals surface area (Å²) in [6, 6.07) is 1.54. The molecule has 10 nitrogen and oxygen atoms in total. The molecule has 1 fully saturated rings. The molecule has 0 aliphatic carbocycles. The molecule has 2 rings (SSSR count). The number of nitrogens with zero attached hydrogens (tertiary/aromatic N) is 4. The van der Waals surface area contributed by atoms with Crippen LogP contribution in [-0.4, -0.2) is 69.2 Å². The second kappa shape index (κ2) is 7.21. The molecule has 0 atom stereocenters. The van der Waals surface area contributed by atoms with Gasteiger partial charge in [-0.25, -0.2) is 10.6 Å². The predicted octanol–water partition coefficient (Wildman–Crippen LogP) is -0.361. The van der Waals surface area contributed by atoms with Gasteiger partial charge in [-0.05, 0) is 17.5 Å². The molecular formula is C14H20N6O4. The Bertz CT molecular complexity index is 655. The molecule has 130 valence electrons. The van der Waals surface area contributed by atoms with Crippen molar-refractivity contribution in [2.45, 2.75) is 19.8 Å². The number of nitrogens with two attached hydrogens (primary N) is 1. The molecule has 1 saturated heterocycles. The maximum absolute atomic E-state index is 12.5. The molecule has 1 aromatic heterocycles. The second-order valence-electron chi connectivity index (χ2n) is 5.72. The van der Waals surface area contributed by atoms with Crippen LogP contribution in [0.4, 0.5) is 4.79 Å². The number of hydrogen-bond acceptors (Lipinski definition) is 6. The van der Waals surface area contributed by atoms with Crippen LogP contribution in [0.3, 0.4) is 0 Å². The highest BCUT2D eigenvalue weighted by Gasteiger charge is 2.27. The maximum Gasteiger partial charge on any atom is 0.407 e. The summed E-state index contributed by atoms with van der Waals surface area (Å²) in [5, 5.41) is 16.6. The third-order valence-corrected chi connectivity index (χ3v) is 3.85. The molecule has 24 heavy (non-hydrogen) atoms. The Labute approximate surface area is 138 Å². The summed E-state index contributed by atoms with van der Waals surface area (Å²) < 4.78 is 0. The fourth-order valence-electron chi connectivity index (χ4n) is 2.46. The molecular weight excluding hydrogens is 316 g/mol. The molecule has 0 spiro atoms. The zero-order valence-electron chi connectivity index (χ0n) is 13.5. The summed E-state index contributed by atoms with van der Waals surface area (Å²) in [7, 11) is 0. The molecule has 0 unspecified atom stereocenters. The molecule has 4 N–H and O–H groups in total. The summed E-state index contributed by atoms with van der Waals surface area (Å²) in [5.41, 5.74) is 2.78. The van der Waals surface area contributed by atoms with Crippen molar-refractivity contribution in [3.8, 4) is 0 Å². The Balaban J connectivity index is 2.20. The Kier molecular flexibility index (Phi) is 5.29. The summed E-state index contributed by atoms with van der Waals surface area (Å²) in [4.78, 5) is 37.9. The van der Waals surface area contributed by atoms with Crippen LogP contribution in [0.2, 0.25) is 0 Å². The highest BCUT2D eigenvalue weighted by Crippen LogP contribution is 2.19. The third kappa shape index (κ3) is 3.59. The monoisotopic (exact) mass is 336 g/mol. The van der Waals surface area contributed by atoms with Gasteiger partial charge in [0.2, 0.25) is 0 Å². The standard InChI is InChI=1S/C14H20N6O4/c1-8(2)9-7-10(17-18-11(9)12(21)16-15)13(22)19-3-5-20(6-4-19)14(23)24/h7-8H,3-6,15H2,1-2H3,(H,16,21)(H,23,24). The lowest BCUT2D eigenvalue weighted by Gasteiger charge is -2.32. The zero-order valence-corrected chi connectivity index (χ0v) is 13.5. The van der Waals surface area contributed by atoms with Crippen molar-refractivity contribution in [2.24, 2.45) is 5.84 Å². The minimum absolute atomic E-state index is 0.0526. The fourth-order valence-corrected chi connectivity index (χ4v) is 2.46. The Morgan fingerprint density at radius 1 is 1.17 bits per heavy atom. The van der Waals surface area contributed by atoms with Crippen molar-refractivity contribution in [3.63, 3.8) is 0 Å². The Morgan fingerprint density at radius 2 is 1.75 bits per heavy atom. The van der Waals surface area contributed by atoms with Gasteiger partial charge < -0.3 is 14.9 Å². The van der Waals surface area contributed by atoms with Crippen molar-refractivity contribution in [3.05, 3.63) is 23.0 Å². The molecule has 10 heteroatoms. The number of carbonyl (C=O) groups excluding carboxylic acids is 2. The molecule has 0 radical (unpaired) electrons. The molecule has 0 aromatic carbocycles. The number of carboxylic acid groups (broad SMARTS) is 1. The maximum atomic E-state index is 12.5. The van der Waals surface area contributed by atoms with Crippen molar-refractivity contribution in [1.82, 2.24) is 25.4 Å². The first-order chi connectivity index (χ1) is 11.3. The van der Waals surface area contributed by atoms with Crippen molar-refractivity contribution >= 4 is 17.9 Å². The van der Waals surface area contributed by atoms with Gasteiger partial charge >= 0.3 is 6.09 Å². The SMILES string of the molecule is CC(C)c1cc(C(=O)N2CCN(C(=O)O)CC2)nnc1C(=O)NN. The molecule has 1 aliphatic rings. The van der Waals surface area contributed by atoms with Crippen LogP contribution in [0.1, 0.15) is 46.3 Å². The normalized spacial score (nSPS) is 14.7. The number of nitrogens with one attached hydrogen (secondary N) is 1. The summed E-state index contributed by atoms with van der Waals surface area (Å²) in [6.07, 6.45) is -0.999. The number of hydrogen-bond donors (Lipinski definition) is 3. The lowest BCUT2D eigenvalue weighted by molar-refractivity contribution is 0.0617. The van der Waals surface area contributed by atoms with Crippen LogP contribution in [-0.2, 0) is 0 Å². The first kappa shape index (κ1) is 17.6. The van der Waals surface area contributed by atoms with E-state index in [9.17, 15) is 14.4 Å². The van der Waals surface area contributed by atoms with Gasteiger partial charge in [0.15, 0.2) is 11.4 Å². The van der Waals surface area contributed by atoms with E-state index < -0.39 is 12.0 Å². The van der Waals surface area contributed by atoms with Crippen LogP contribution < -0.4 is 11.3 Å². The average molecular weight is 336 g/mol. The lowest BCUT2D eigenvalue weighted by Crippen LogP contribution is -2.50. The van der Waals surface area contributed by atoms with Crippen LogP contribution >= 0.6 is 0 Å². The van der Waals surface area contributed by atoms with Crippen molar-refractivity contribution in [2.75, 3.05) is 26.2 Å². The minimum Gasteiger partial charge on any atom is -0.465 e. The first-order valence-corrected chi connectivity index (χ1v) is 7.50. The molecule has 0 bridgehead atoms. The van der Waals surface area contributed by atoms with Gasteiger partial charge in [0.25, 0.3) is 11.8 Å². The van der Waals surface area contributed by atoms with Gasteiger partial charge in [-0.2, -0.15) is 0 Å². The summed E-state index contributed by atoms with van der Waals surface area (Å²) >= 11 is 0. The number of aromatic nitrogens is 2. The zero-order chi connectivity index (χ0) is 17.9. The summed E-state index contributed by atoms with van der Waals surface area (Å²) in [5.74, 6) is 4.17. The van der Waals surface area contributed by atoms with Crippen LogP contribution in [0, 0.1) is 0 Å². The fraction of sp³-hybridized carbons (Fsp3) is 0.500. The lowest BCUT2D eigenvalue weighted by atomic mass is 10.0. The van der Waals surface area contributed by atoms with Crippen molar-refractivity contribution < 1.29 is 19.5 Å². The number of rotatable bonds is 3. The number of nitrogen functional groups attached to an aromatic ring is 1. The van der Waals surface area contributed by atoms with Crippen molar-refractivity contribution in [1.29, 1.82) is 0 Å². The minimum atomic E-state index is -0.999.